The van der Waals surface area contributed by atoms with Gasteiger partial charge < -0.3 is 5.32 Å². The van der Waals surface area contributed by atoms with Gasteiger partial charge in [-0.2, -0.15) is 5.10 Å². The first-order chi connectivity index (χ1) is 10.2. The zero-order valence-electron chi connectivity index (χ0n) is 13.6. The van der Waals surface area contributed by atoms with Crippen molar-refractivity contribution in [2.24, 2.45) is 0 Å². The predicted molar refractivity (Wildman–Crippen MR) is 86.4 cm³/mol. The molecule has 0 amide bonds. The van der Waals surface area contributed by atoms with Crippen molar-refractivity contribution in [1.82, 2.24) is 20.1 Å². The molecule has 0 aliphatic rings. The van der Waals surface area contributed by atoms with Crippen molar-refractivity contribution in [3.63, 3.8) is 0 Å². The minimum Gasteiger partial charge on any atom is -0.310 e. The van der Waals surface area contributed by atoms with Crippen molar-refractivity contribution in [3.05, 3.63) is 47.0 Å². The molecule has 0 radical (unpaired) electrons. The van der Waals surface area contributed by atoms with Crippen LogP contribution in [0.3, 0.4) is 0 Å². The van der Waals surface area contributed by atoms with Gasteiger partial charge in [-0.3, -0.25) is 4.68 Å². The van der Waals surface area contributed by atoms with Crippen molar-refractivity contribution < 1.29 is 0 Å². The van der Waals surface area contributed by atoms with Gasteiger partial charge in [0.25, 0.3) is 0 Å². The van der Waals surface area contributed by atoms with Crippen LogP contribution < -0.4 is 5.32 Å². The summed E-state index contributed by atoms with van der Waals surface area (Å²) in [6.45, 7) is 10.5. The number of aryl methyl sites for hydroxylation is 3. The van der Waals surface area contributed by atoms with Crippen LogP contribution in [0.15, 0.2) is 24.5 Å². The van der Waals surface area contributed by atoms with Crippen LogP contribution in [-0.2, 0) is 13.0 Å². The number of likely N-dealkylation sites (N-methyl/N-ethyl adjacent to an activating group) is 1. The first-order valence-corrected chi connectivity index (χ1v) is 7.82. The maximum absolute atomic E-state index is 4.44. The van der Waals surface area contributed by atoms with Gasteiger partial charge in [0, 0.05) is 19.0 Å². The molecule has 114 valence electrons. The Kier molecular flexibility index (Phi) is 5.51. The van der Waals surface area contributed by atoms with E-state index in [4.69, 9.17) is 0 Å². The fourth-order valence-electron chi connectivity index (χ4n) is 2.78. The Morgan fingerprint density at radius 2 is 2.05 bits per heavy atom. The maximum Gasteiger partial charge on any atom is 0.138 e. The molecule has 1 N–H and O–H groups in total. The summed E-state index contributed by atoms with van der Waals surface area (Å²) < 4.78 is 2.02. The number of benzene rings is 1. The van der Waals surface area contributed by atoms with Gasteiger partial charge in [-0.05, 0) is 37.9 Å². The number of nitrogens with one attached hydrogen (secondary N) is 1. The molecule has 4 heteroatoms. The third-order valence-corrected chi connectivity index (χ3v) is 3.77. The normalized spacial score (nSPS) is 12.6. The highest BCUT2D eigenvalue weighted by atomic mass is 15.3. The van der Waals surface area contributed by atoms with Crippen molar-refractivity contribution in [3.8, 4) is 0 Å². The predicted octanol–water partition coefficient (Wildman–Crippen LogP) is 3.20. The highest BCUT2D eigenvalue weighted by Crippen LogP contribution is 2.22. The Morgan fingerprint density at radius 1 is 1.24 bits per heavy atom. The van der Waals surface area contributed by atoms with E-state index in [1.54, 1.807) is 6.33 Å². The SMILES string of the molecule is CCCn1ncnc1CC(NCC)c1ccc(C)cc1C. The molecule has 0 saturated heterocycles. The molecule has 0 aliphatic carbocycles. The van der Waals surface area contributed by atoms with Crippen LogP contribution in [0.4, 0.5) is 0 Å². The van der Waals surface area contributed by atoms with Gasteiger partial charge in [0.15, 0.2) is 0 Å². The number of nitrogens with zero attached hydrogens (tertiary/aromatic N) is 3. The molecule has 0 bridgehead atoms. The molecule has 2 aromatic rings. The van der Waals surface area contributed by atoms with E-state index in [-0.39, 0.29) is 6.04 Å². The van der Waals surface area contributed by atoms with Gasteiger partial charge in [0.2, 0.25) is 0 Å². The van der Waals surface area contributed by atoms with E-state index in [0.717, 1.165) is 31.8 Å². The molecular weight excluding hydrogens is 260 g/mol. The molecule has 1 heterocycles. The largest absolute Gasteiger partial charge is 0.310 e. The minimum atomic E-state index is 0.287. The van der Waals surface area contributed by atoms with Crippen LogP contribution in [0.2, 0.25) is 0 Å². The number of hydrogen-bond donors (Lipinski definition) is 1. The average Bonchev–Trinajstić information content (AvgIpc) is 2.86. The Morgan fingerprint density at radius 3 is 2.71 bits per heavy atom. The van der Waals surface area contributed by atoms with Crippen LogP contribution in [0, 0.1) is 13.8 Å². The molecule has 2 rings (SSSR count). The lowest BCUT2D eigenvalue weighted by atomic mass is 9.96. The quantitative estimate of drug-likeness (QED) is 0.850. The smallest absolute Gasteiger partial charge is 0.138 e. The van der Waals surface area contributed by atoms with E-state index in [0.29, 0.717) is 0 Å². The van der Waals surface area contributed by atoms with Crippen LogP contribution in [0.1, 0.15) is 48.8 Å². The van der Waals surface area contributed by atoms with Gasteiger partial charge in [0.05, 0.1) is 0 Å². The summed E-state index contributed by atoms with van der Waals surface area (Å²) in [5, 5.41) is 7.91. The fourth-order valence-corrected chi connectivity index (χ4v) is 2.78. The Hall–Kier alpha value is -1.68. The van der Waals surface area contributed by atoms with Crippen LogP contribution in [-0.4, -0.2) is 21.3 Å². The van der Waals surface area contributed by atoms with Gasteiger partial charge >= 0.3 is 0 Å². The third-order valence-electron chi connectivity index (χ3n) is 3.77. The topological polar surface area (TPSA) is 42.7 Å². The minimum absolute atomic E-state index is 0.287. The fraction of sp³-hybridized carbons (Fsp3) is 0.529. The van der Waals surface area contributed by atoms with Crippen LogP contribution in [0.5, 0.6) is 0 Å². The number of rotatable bonds is 7. The number of aromatic nitrogens is 3. The van der Waals surface area contributed by atoms with E-state index in [2.05, 4.69) is 61.3 Å². The van der Waals surface area contributed by atoms with E-state index in [1.807, 2.05) is 4.68 Å². The third kappa shape index (κ3) is 3.91. The van der Waals surface area contributed by atoms with Gasteiger partial charge in [-0.1, -0.05) is 37.6 Å². The van der Waals surface area contributed by atoms with E-state index in [9.17, 15) is 0 Å². The number of hydrogen-bond acceptors (Lipinski definition) is 3. The van der Waals surface area contributed by atoms with Gasteiger partial charge in [-0.15, -0.1) is 0 Å². The van der Waals surface area contributed by atoms with Crippen molar-refractivity contribution in [2.75, 3.05) is 6.54 Å². The first-order valence-electron chi connectivity index (χ1n) is 7.82. The summed E-state index contributed by atoms with van der Waals surface area (Å²) in [6.07, 6.45) is 3.61. The Labute approximate surface area is 127 Å². The molecule has 0 saturated carbocycles. The lowest BCUT2D eigenvalue weighted by Gasteiger charge is -2.20. The zero-order valence-corrected chi connectivity index (χ0v) is 13.6. The van der Waals surface area contributed by atoms with E-state index >= 15 is 0 Å². The second kappa shape index (κ2) is 7.36. The van der Waals surface area contributed by atoms with Crippen molar-refractivity contribution >= 4 is 0 Å². The Bertz CT molecular complexity index is 574. The second-order valence-electron chi connectivity index (χ2n) is 5.57. The summed E-state index contributed by atoms with van der Waals surface area (Å²) in [7, 11) is 0. The van der Waals surface area contributed by atoms with Gasteiger partial charge in [0.1, 0.15) is 12.2 Å². The molecular formula is C17H26N4. The lowest BCUT2D eigenvalue weighted by Crippen LogP contribution is -2.25. The molecule has 0 fully saturated rings. The molecule has 4 nitrogen and oxygen atoms in total. The molecule has 1 aromatic carbocycles. The van der Waals surface area contributed by atoms with Gasteiger partial charge in [-0.25, -0.2) is 4.98 Å². The highest BCUT2D eigenvalue weighted by Gasteiger charge is 2.16. The Balaban J connectivity index is 2.24. The summed E-state index contributed by atoms with van der Waals surface area (Å²) in [5.74, 6) is 1.06. The van der Waals surface area contributed by atoms with Crippen LogP contribution in [0.25, 0.3) is 0 Å². The average molecular weight is 286 g/mol. The molecule has 0 aliphatic heterocycles. The highest BCUT2D eigenvalue weighted by molar-refractivity contribution is 5.33. The lowest BCUT2D eigenvalue weighted by molar-refractivity contribution is 0.497. The standard InChI is InChI=1S/C17H26N4/c1-5-9-21-17(19-12-20-21)11-16(18-6-2)15-8-7-13(3)10-14(15)4/h7-8,10,12,16,18H,5-6,9,11H2,1-4H3. The van der Waals surface area contributed by atoms with E-state index in [1.165, 1.54) is 16.7 Å². The molecule has 21 heavy (non-hydrogen) atoms. The first kappa shape index (κ1) is 15.7. The van der Waals surface area contributed by atoms with Crippen LogP contribution >= 0.6 is 0 Å². The maximum atomic E-state index is 4.44. The summed E-state index contributed by atoms with van der Waals surface area (Å²) in [6, 6.07) is 6.95. The molecule has 1 unspecified atom stereocenters. The van der Waals surface area contributed by atoms with Crippen molar-refractivity contribution in [2.45, 2.75) is 53.1 Å². The second-order valence-corrected chi connectivity index (χ2v) is 5.57. The summed E-state index contributed by atoms with van der Waals surface area (Å²) in [5.41, 5.74) is 4.00. The van der Waals surface area contributed by atoms with Crippen molar-refractivity contribution in [1.29, 1.82) is 0 Å². The molecule has 1 aromatic heterocycles. The summed E-state index contributed by atoms with van der Waals surface area (Å²) in [4.78, 5) is 4.44. The molecule has 0 spiro atoms. The zero-order chi connectivity index (χ0) is 15.2. The summed E-state index contributed by atoms with van der Waals surface area (Å²) >= 11 is 0. The van der Waals surface area contributed by atoms with E-state index < -0.39 is 0 Å². The monoisotopic (exact) mass is 286 g/mol. The molecule has 1 atom stereocenters.